The minimum Gasteiger partial charge on any atom is -0.467 e. The van der Waals surface area contributed by atoms with Crippen LogP contribution in [0.15, 0.2) is 48.8 Å². The fourth-order valence-corrected chi connectivity index (χ4v) is 3.50. The van der Waals surface area contributed by atoms with Crippen molar-refractivity contribution in [1.82, 2.24) is 5.32 Å². The maximum atomic E-state index is 12.5. The van der Waals surface area contributed by atoms with E-state index in [2.05, 4.69) is 5.32 Å². The lowest BCUT2D eigenvalue weighted by molar-refractivity contribution is -0.120. The number of carbonyl (C=O) groups is 1. The largest absolute Gasteiger partial charge is 0.467 e. The Labute approximate surface area is 154 Å². The second-order valence-electron chi connectivity index (χ2n) is 6.72. The van der Waals surface area contributed by atoms with Crippen molar-refractivity contribution in [3.63, 3.8) is 0 Å². The molecule has 0 spiro atoms. The number of hydrogen-bond acceptors (Lipinski definition) is 5. The topological polar surface area (TPSA) is 85.6 Å². The molecule has 1 N–H and O–H groups in total. The third-order valence-electron chi connectivity index (χ3n) is 4.84. The van der Waals surface area contributed by atoms with E-state index in [1.807, 2.05) is 26.8 Å². The van der Waals surface area contributed by atoms with E-state index in [1.165, 1.54) is 0 Å². The molecule has 1 amide bonds. The molecule has 0 fully saturated rings. The third-order valence-corrected chi connectivity index (χ3v) is 4.84. The zero-order valence-electron chi connectivity index (χ0n) is 15.3. The van der Waals surface area contributed by atoms with Crippen molar-refractivity contribution in [3.05, 3.63) is 69.2 Å². The molecule has 0 aliphatic heterocycles. The van der Waals surface area contributed by atoms with E-state index in [9.17, 15) is 9.59 Å². The smallest absolute Gasteiger partial charge is 0.340 e. The zero-order valence-corrected chi connectivity index (χ0v) is 15.3. The number of fused-ring (bicyclic) bond motifs is 3. The third kappa shape index (κ3) is 2.93. The number of amides is 1. The van der Waals surface area contributed by atoms with Gasteiger partial charge in [-0.2, -0.15) is 0 Å². The van der Waals surface area contributed by atoms with Crippen LogP contribution in [0.25, 0.3) is 21.9 Å². The van der Waals surface area contributed by atoms with Gasteiger partial charge in [0.15, 0.2) is 0 Å². The van der Waals surface area contributed by atoms with Crippen molar-refractivity contribution in [2.45, 2.75) is 33.7 Å². The van der Waals surface area contributed by atoms with Crippen LogP contribution in [0.2, 0.25) is 0 Å². The molecule has 0 saturated heterocycles. The van der Waals surface area contributed by atoms with E-state index in [0.29, 0.717) is 28.1 Å². The lowest BCUT2D eigenvalue weighted by atomic mass is 9.99. The Morgan fingerprint density at radius 2 is 1.93 bits per heavy atom. The number of hydrogen-bond donors (Lipinski definition) is 1. The highest BCUT2D eigenvalue weighted by Crippen LogP contribution is 2.34. The van der Waals surface area contributed by atoms with E-state index in [0.717, 1.165) is 21.9 Å². The fraction of sp³-hybridized carbons (Fsp3) is 0.238. The minimum absolute atomic E-state index is 0.0696. The van der Waals surface area contributed by atoms with Gasteiger partial charge in [0.1, 0.15) is 16.9 Å². The Kier molecular flexibility index (Phi) is 4.11. The molecule has 0 unspecified atom stereocenters. The predicted octanol–water partition coefficient (Wildman–Crippen LogP) is 3.92. The standard InChI is InChI=1S/C21H19NO5/c1-11-7-16-19(20-18(11)12(2)10-26-20)13(3)15(21(24)27-16)8-17(23)22-9-14-5-4-6-25-14/h4-7,10H,8-9H2,1-3H3,(H,22,23). The molecule has 4 rings (SSSR count). The quantitative estimate of drug-likeness (QED) is 0.554. The first kappa shape index (κ1) is 17.1. The molecule has 0 aliphatic carbocycles. The van der Waals surface area contributed by atoms with Crippen LogP contribution >= 0.6 is 0 Å². The lowest BCUT2D eigenvalue weighted by Crippen LogP contribution is -2.27. The molecular weight excluding hydrogens is 346 g/mol. The van der Waals surface area contributed by atoms with Crippen LogP contribution in [0.4, 0.5) is 0 Å². The summed E-state index contributed by atoms with van der Waals surface area (Å²) in [6.07, 6.45) is 3.17. The maximum Gasteiger partial charge on any atom is 0.340 e. The van der Waals surface area contributed by atoms with Crippen LogP contribution < -0.4 is 10.9 Å². The number of nitrogens with one attached hydrogen (secondary N) is 1. The van der Waals surface area contributed by atoms with Gasteiger partial charge in [-0.25, -0.2) is 4.79 Å². The van der Waals surface area contributed by atoms with E-state index < -0.39 is 5.63 Å². The molecule has 0 bridgehead atoms. The average molecular weight is 365 g/mol. The lowest BCUT2D eigenvalue weighted by Gasteiger charge is -2.10. The monoisotopic (exact) mass is 365 g/mol. The second-order valence-corrected chi connectivity index (χ2v) is 6.72. The zero-order chi connectivity index (χ0) is 19.1. The van der Waals surface area contributed by atoms with Gasteiger partial charge in [-0.15, -0.1) is 0 Å². The molecule has 6 nitrogen and oxygen atoms in total. The second kappa shape index (κ2) is 6.46. The number of aryl methyl sites for hydroxylation is 3. The summed E-state index contributed by atoms with van der Waals surface area (Å²) in [5.41, 5.74) is 3.68. The molecule has 6 heteroatoms. The molecule has 138 valence electrons. The molecule has 0 atom stereocenters. The van der Waals surface area contributed by atoms with Crippen molar-refractivity contribution in [3.8, 4) is 0 Å². The van der Waals surface area contributed by atoms with Gasteiger partial charge in [0.05, 0.1) is 36.4 Å². The fourth-order valence-electron chi connectivity index (χ4n) is 3.50. The Morgan fingerprint density at radius 3 is 2.67 bits per heavy atom. The maximum absolute atomic E-state index is 12.5. The van der Waals surface area contributed by atoms with Gasteiger partial charge in [0, 0.05) is 5.39 Å². The van der Waals surface area contributed by atoms with Gasteiger partial charge in [-0.1, -0.05) is 0 Å². The summed E-state index contributed by atoms with van der Waals surface area (Å²) in [5.74, 6) is 0.369. The van der Waals surface area contributed by atoms with Crippen LogP contribution in [0, 0.1) is 20.8 Å². The van der Waals surface area contributed by atoms with Crippen molar-refractivity contribution >= 4 is 27.8 Å². The van der Waals surface area contributed by atoms with E-state index in [-0.39, 0.29) is 18.9 Å². The summed E-state index contributed by atoms with van der Waals surface area (Å²) in [6, 6.07) is 5.37. The molecule has 3 heterocycles. The Hall–Kier alpha value is -3.28. The highest BCUT2D eigenvalue weighted by atomic mass is 16.4. The molecule has 0 aliphatic rings. The highest BCUT2D eigenvalue weighted by Gasteiger charge is 2.20. The Balaban J connectivity index is 1.74. The molecule has 3 aromatic heterocycles. The van der Waals surface area contributed by atoms with Gasteiger partial charge in [-0.05, 0) is 55.7 Å². The Bertz CT molecular complexity index is 1210. The minimum atomic E-state index is -0.504. The van der Waals surface area contributed by atoms with Gasteiger partial charge < -0.3 is 18.6 Å². The average Bonchev–Trinajstić information content (AvgIpc) is 3.27. The predicted molar refractivity (Wildman–Crippen MR) is 101 cm³/mol. The highest BCUT2D eigenvalue weighted by molar-refractivity contribution is 6.07. The summed E-state index contributed by atoms with van der Waals surface area (Å²) in [6.45, 7) is 6.02. The molecule has 0 saturated carbocycles. The molecule has 0 radical (unpaired) electrons. The summed E-state index contributed by atoms with van der Waals surface area (Å²) >= 11 is 0. The van der Waals surface area contributed by atoms with E-state index in [1.54, 1.807) is 24.7 Å². The van der Waals surface area contributed by atoms with Crippen LogP contribution in [0.5, 0.6) is 0 Å². The van der Waals surface area contributed by atoms with Crippen LogP contribution in [0.3, 0.4) is 0 Å². The SMILES string of the molecule is Cc1coc2c1c(C)cc1oc(=O)c(CC(=O)NCc3ccco3)c(C)c12. The Morgan fingerprint density at radius 1 is 1.11 bits per heavy atom. The summed E-state index contributed by atoms with van der Waals surface area (Å²) in [5, 5.41) is 4.49. The first-order chi connectivity index (χ1) is 13.0. The molecule has 4 aromatic rings. The van der Waals surface area contributed by atoms with Crippen molar-refractivity contribution in [2.24, 2.45) is 0 Å². The number of rotatable bonds is 4. The van der Waals surface area contributed by atoms with Gasteiger partial charge in [-0.3, -0.25) is 4.79 Å². The summed E-state index contributed by atoms with van der Waals surface area (Å²) in [7, 11) is 0. The van der Waals surface area contributed by atoms with Crippen LogP contribution in [0.1, 0.15) is 28.0 Å². The molecular formula is C21H19NO5. The first-order valence-corrected chi connectivity index (χ1v) is 8.68. The van der Waals surface area contributed by atoms with E-state index >= 15 is 0 Å². The van der Waals surface area contributed by atoms with Crippen LogP contribution in [-0.2, 0) is 17.8 Å². The summed E-state index contributed by atoms with van der Waals surface area (Å²) in [4.78, 5) is 24.8. The normalized spacial score (nSPS) is 11.4. The van der Waals surface area contributed by atoms with Crippen molar-refractivity contribution in [2.75, 3.05) is 0 Å². The number of benzene rings is 1. The first-order valence-electron chi connectivity index (χ1n) is 8.68. The number of furan rings is 2. The summed E-state index contributed by atoms with van der Waals surface area (Å²) < 4.78 is 16.4. The van der Waals surface area contributed by atoms with Gasteiger partial charge in [0.2, 0.25) is 5.91 Å². The van der Waals surface area contributed by atoms with Crippen molar-refractivity contribution < 1.29 is 18.0 Å². The van der Waals surface area contributed by atoms with Crippen LogP contribution in [-0.4, -0.2) is 5.91 Å². The van der Waals surface area contributed by atoms with Gasteiger partial charge >= 0.3 is 5.63 Å². The molecule has 1 aromatic carbocycles. The number of carbonyl (C=O) groups excluding carboxylic acids is 1. The van der Waals surface area contributed by atoms with Gasteiger partial charge in [0.25, 0.3) is 0 Å². The molecule has 27 heavy (non-hydrogen) atoms. The van der Waals surface area contributed by atoms with Crippen molar-refractivity contribution in [1.29, 1.82) is 0 Å². The van der Waals surface area contributed by atoms with E-state index in [4.69, 9.17) is 13.3 Å².